The van der Waals surface area contributed by atoms with E-state index >= 15 is 0 Å². The third kappa shape index (κ3) is 9.70. The number of pyridine rings is 2. The first-order chi connectivity index (χ1) is 29.4. The number of hydrogen-bond donors (Lipinski definition) is 3. The second kappa shape index (κ2) is 19.0. The molecule has 4 heterocycles. The summed E-state index contributed by atoms with van der Waals surface area (Å²) in [6.45, 7) is 11.5. The molecule has 4 aromatic heterocycles. The molecule has 0 saturated heterocycles. The third-order valence-corrected chi connectivity index (χ3v) is 10.0. The quantitative estimate of drug-likeness (QED) is 0.0768. The fourth-order valence-electron chi connectivity index (χ4n) is 6.70. The van der Waals surface area contributed by atoms with Crippen molar-refractivity contribution in [3.8, 4) is 0 Å². The van der Waals surface area contributed by atoms with Gasteiger partial charge in [0.2, 0.25) is 0 Å². The molecule has 3 N–H and O–H groups in total. The maximum absolute atomic E-state index is 12.9. The monoisotopic (exact) mass is 800 g/mol. The van der Waals surface area contributed by atoms with Crippen LogP contribution in [0.1, 0.15) is 93.6 Å². The molecule has 2 aliphatic rings. The van der Waals surface area contributed by atoms with Crippen LogP contribution in [0.3, 0.4) is 0 Å². The Bertz CT molecular complexity index is 2660. The number of ether oxygens (including phenoxy) is 2. The Morgan fingerprint density at radius 3 is 1.82 bits per heavy atom. The third-order valence-electron chi connectivity index (χ3n) is 10.0. The SMILES string of the molecule is C=CCOC(=O)c1cc(C2CC2)cnc1Nc1ccc2[nH]ccc2c1.C=CCOC(=O)c1cc(C2CC2)cnc1Nc1ccc2c(ccn2C(=O)c2ccccc2)c1.CC. The molecule has 0 unspecified atom stereocenters. The highest BCUT2D eigenvalue weighted by Gasteiger charge is 2.28. The van der Waals surface area contributed by atoms with E-state index < -0.39 is 5.97 Å². The molecule has 304 valence electrons. The zero-order chi connectivity index (χ0) is 42.0. The van der Waals surface area contributed by atoms with Gasteiger partial charge in [-0.3, -0.25) is 9.36 Å². The van der Waals surface area contributed by atoms with E-state index in [2.05, 4.69) is 38.7 Å². The fraction of sp³-hybridized carbons (Fsp3) is 0.204. The summed E-state index contributed by atoms with van der Waals surface area (Å²) < 4.78 is 12.1. The molecule has 11 heteroatoms. The van der Waals surface area contributed by atoms with Gasteiger partial charge in [0.05, 0.1) is 5.52 Å². The molecule has 60 heavy (non-hydrogen) atoms. The van der Waals surface area contributed by atoms with E-state index in [0.29, 0.717) is 40.2 Å². The Morgan fingerprint density at radius 1 is 0.717 bits per heavy atom. The van der Waals surface area contributed by atoms with Gasteiger partial charge in [0, 0.05) is 58.0 Å². The molecule has 0 amide bonds. The van der Waals surface area contributed by atoms with E-state index in [1.54, 1.807) is 35.0 Å². The van der Waals surface area contributed by atoms with Crippen molar-refractivity contribution in [1.29, 1.82) is 0 Å². The number of esters is 2. The van der Waals surface area contributed by atoms with E-state index in [0.717, 1.165) is 70.0 Å². The lowest BCUT2D eigenvalue weighted by Gasteiger charge is -2.12. The van der Waals surface area contributed by atoms with Crippen molar-refractivity contribution in [2.24, 2.45) is 0 Å². The van der Waals surface area contributed by atoms with Gasteiger partial charge < -0.3 is 25.1 Å². The molecule has 0 atom stereocenters. The summed E-state index contributed by atoms with van der Waals surface area (Å²) in [5.41, 5.74) is 7.13. The average Bonchev–Trinajstić information content (AvgIpc) is 4.23. The standard InChI is InChI=1S/C27H23N3O3.C20H19N3O2.C2H6/c1-2-14-33-27(32)23-16-21(18-8-9-18)17-28-25(23)29-22-10-11-24-20(15-22)12-13-30(24)26(31)19-6-4-3-5-7-19;1-2-9-25-20(24)17-11-15(13-3-4-13)12-22-19(17)23-16-5-6-18-14(10-16)7-8-21-18;1-2/h2-7,10-13,15-18H,1,8-9,14H2,(H,28,29);2,5-8,10-13,21H,1,3-4,9H2,(H,22,23);1-2H3. The minimum absolute atomic E-state index is 0.0871. The lowest BCUT2D eigenvalue weighted by Crippen LogP contribution is -2.11. The topological polar surface area (TPSA) is 140 Å². The number of carbonyl (C=O) groups is 3. The molecular formula is C49H48N6O5. The molecule has 2 saturated carbocycles. The van der Waals surface area contributed by atoms with Crippen LogP contribution in [0.5, 0.6) is 0 Å². The van der Waals surface area contributed by atoms with Crippen LogP contribution in [0.15, 0.2) is 141 Å². The van der Waals surface area contributed by atoms with Crippen molar-refractivity contribution in [3.05, 3.63) is 169 Å². The number of aromatic amines is 1. The molecule has 0 bridgehead atoms. The van der Waals surface area contributed by atoms with E-state index in [4.69, 9.17) is 9.47 Å². The van der Waals surface area contributed by atoms with Gasteiger partial charge in [-0.05, 0) is 121 Å². The zero-order valence-corrected chi connectivity index (χ0v) is 33.8. The molecule has 7 aromatic rings. The lowest BCUT2D eigenvalue weighted by molar-refractivity contribution is 0.0541. The van der Waals surface area contributed by atoms with Gasteiger partial charge in [-0.25, -0.2) is 19.6 Å². The van der Waals surface area contributed by atoms with Crippen LogP contribution in [0.4, 0.5) is 23.0 Å². The second-order valence-corrected chi connectivity index (χ2v) is 14.3. The molecule has 3 aromatic carbocycles. The normalized spacial score (nSPS) is 12.9. The van der Waals surface area contributed by atoms with Gasteiger partial charge in [0.15, 0.2) is 0 Å². The largest absolute Gasteiger partial charge is 0.458 e. The van der Waals surface area contributed by atoms with E-state index in [-0.39, 0.29) is 25.1 Å². The van der Waals surface area contributed by atoms with Crippen molar-refractivity contribution in [3.63, 3.8) is 0 Å². The fourth-order valence-corrected chi connectivity index (χ4v) is 6.70. The van der Waals surface area contributed by atoms with Crippen molar-refractivity contribution >= 4 is 62.7 Å². The number of nitrogens with one attached hydrogen (secondary N) is 3. The van der Waals surface area contributed by atoms with Gasteiger partial charge >= 0.3 is 11.9 Å². The van der Waals surface area contributed by atoms with Gasteiger partial charge in [0.1, 0.15) is 36.0 Å². The minimum atomic E-state index is -0.437. The summed E-state index contributed by atoms with van der Waals surface area (Å²) in [6.07, 6.45) is 15.0. The molecule has 0 aliphatic heterocycles. The molecule has 2 aliphatic carbocycles. The average molecular weight is 801 g/mol. The van der Waals surface area contributed by atoms with E-state index in [9.17, 15) is 14.4 Å². The number of anilines is 4. The van der Waals surface area contributed by atoms with Crippen molar-refractivity contribution in [2.75, 3.05) is 23.8 Å². The number of fused-ring (bicyclic) bond motifs is 2. The molecule has 9 rings (SSSR count). The van der Waals surface area contributed by atoms with Crippen LogP contribution < -0.4 is 10.6 Å². The van der Waals surface area contributed by atoms with Crippen LogP contribution in [0, 0.1) is 0 Å². The predicted molar refractivity (Wildman–Crippen MR) is 238 cm³/mol. The van der Waals surface area contributed by atoms with Crippen LogP contribution in [-0.4, -0.2) is 50.6 Å². The first kappa shape index (κ1) is 40.9. The van der Waals surface area contributed by atoms with Crippen molar-refractivity contribution in [2.45, 2.75) is 51.4 Å². The summed E-state index contributed by atoms with van der Waals surface area (Å²) >= 11 is 0. The van der Waals surface area contributed by atoms with Gasteiger partial charge in [-0.1, -0.05) is 57.4 Å². The maximum Gasteiger partial charge on any atom is 0.342 e. The number of aromatic nitrogens is 4. The number of H-pyrrole nitrogens is 1. The minimum Gasteiger partial charge on any atom is -0.458 e. The highest BCUT2D eigenvalue weighted by molar-refractivity contribution is 6.03. The molecule has 2 fully saturated rings. The van der Waals surface area contributed by atoms with Gasteiger partial charge in [-0.15, -0.1) is 0 Å². The lowest BCUT2D eigenvalue weighted by atomic mass is 10.1. The number of nitrogens with zero attached hydrogens (tertiary/aromatic N) is 3. The summed E-state index contributed by atoms with van der Waals surface area (Å²) in [5, 5.41) is 8.48. The number of carbonyl (C=O) groups excluding carboxylic acids is 3. The summed E-state index contributed by atoms with van der Waals surface area (Å²) in [7, 11) is 0. The zero-order valence-electron chi connectivity index (χ0n) is 33.8. The molecular weight excluding hydrogens is 753 g/mol. The highest BCUT2D eigenvalue weighted by atomic mass is 16.5. The predicted octanol–water partition coefficient (Wildman–Crippen LogP) is 11.2. The van der Waals surface area contributed by atoms with Crippen LogP contribution in [0.2, 0.25) is 0 Å². The van der Waals surface area contributed by atoms with Gasteiger partial charge in [0.25, 0.3) is 5.91 Å². The summed E-state index contributed by atoms with van der Waals surface area (Å²) in [5.74, 6) is 1.02. The first-order valence-corrected chi connectivity index (χ1v) is 20.3. The Kier molecular flexibility index (Phi) is 12.9. The second-order valence-electron chi connectivity index (χ2n) is 14.3. The Labute approximate surface area is 349 Å². The van der Waals surface area contributed by atoms with Crippen LogP contribution in [0.25, 0.3) is 21.8 Å². The van der Waals surface area contributed by atoms with Crippen molar-refractivity contribution < 1.29 is 23.9 Å². The van der Waals surface area contributed by atoms with Crippen LogP contribution in [-0.2, 0) is 9.47 Å². The van der Waals surface area contributed by atoms with E-state index in [1.165, 1.54) is 0 Å². The highest BCUT2D eigenvalue weighted by Crippen LogP contribution is 2.42. The molecule has 0 radical (unpaired) electrons. The number of benzene rings is 3. The first-order valence-electron chi connectivity index (χ1n) is 20.3. The summed E-state index contributed by atoms with van der Waals surface area (Å²) in [4.78, 5) is 50.1. The Balaban J connectivity index is 0.000000180. The maximum atomic E-state index is 12.9. The van der Waals surface area contributed by atoms with Crippen LogP contribution >= 0.6 is 0 Å². The van der Waals surface area contributed by atoms with Crippen molar-refractivity contribution in [1.82, 2.24) is 19.5 Å². The molecule has 0 spiro atoms. The Hall–Kier alpha value is -7.27. The van der Waals surface area contributed by atoms with E-state index in [1.807, 2.05) is 111 Å². The smallest absolute Gasteiger partial charge is 0.342 e. The summed E-state index contributed by atoms with van der Waals surface area (Å²) in [6, 6.07) is 28.5. The molecule has 11 nitrogen and oxygen atoms in total. The Morgan fingerprint density at radius 2 is 1.27 bits per heavy atom. The number of hydrogen-bond acceptors (Lipinski definition) is 9. The van der Waals surface area contributed by atoms with Gasteiger partial charge in [-0.2, -0.15) is 0 Å². The number of rotatable bonds is 13.